The summed E-state index contributed by atoms with van der Waals surface area (Å²) in [5.41, 5.74) is 1.86. The van der Waals surface area contributed by atoms with Gasteiger partial charge in [-0.2, -0.15) is 4.98 Å². The van der Waals surface area contributed by atoms with Gasteiger partial charge in [0.25, 0.3) is 5.91 Å². The lowest BCUT2D eigenvalue weighted by Crippen LogP contribution is -2.54. The van der Waals surface area contributed by atoms with E-state index in [1.807, 2.05) is 13.0 Å². The molecule has 1 aromatic carbocycles. The second-order valence-electron chi connectivity index (χ2n) is 12.1. The average molecular weight is 609 g/mol. The smallest absolute Gasteiger partial charge is 0.251 e. The molecule has 2 amide bonds. The molecule has 2 aliphatic heterocycles. The van der Waals surface area contributed by atoms with E-state index in [9.17, 15) is 9.59 Å². The number of carbonyl (C=O) groups is 2. The van der Waals surface area contributed by atoms with Gasteiger partial charge in [-0.1, -0.05) is 39.5 Å². The van der Waals surface area contributed by atoms with Gasteiger partial charge in [-0.25, -0.2) is 4.98 Å². The van der Waals surface area contributed by atoms with Gasteiger partial charge in [0.2, 0.25) is 11.9 Å². The topological polar surface area (TPSA) is 106 Å². The minimum absolute atomic E-state index is 0.0413. The third-order valence-corrected chi connectivity index (χ3v) is 8.72. The normalized spacial score (nSPS) is 17.6. The molecule has 1 atom stereocenters. The minimum atomic E-state index is -0.280. The molecule has 2 aromatic rings. The van der Waals surface area contributed by atoms with Gasteiger partial charge in [0, 0.05) is 57.9 Å². The second-order valence-corrected chi connectivity index (χ2v) is 12.1. The first-order valence-corrected chi connectivity index (χ1v) is 16.4. The van der Waals surface area contributed by atoms with Crippen molar-refractivity contribution in [3.8, 4) is 5.75 Å². The third kappa shape index (κ3) is 8.18. The van der Waals surface area contributed by atoms with Crippen molar-refractivity contribution in [2.45, 2.75) is 78.3 Å². The van der Waals surface area contributed by atoms with Crippen LogP contribution in [0.25, 0.3) is 0 Å². The van der Waals surface area contributed by atoms with Crippen molar-refractivity contribution in [1.29, 1.82) is 0 Å². The van der Waals surface area contributed by atoms with Crippen LogP contribution in [0.4, 0.5) is 23.1 Å². The van der Waals surface area contributed by atoms with Crippen LogP contribution in [-0.4, -0.2) is 104 Å². The number of ether oxygens (including phenoxy) is 1. The molecule has 242 valence electrons. The first kappa shape index (κ1) is 33.5. The van der Waals surface area contributed by atoms with E-state index in [-0.39, 0.29) is 23.9 Å². The number of hydrogen-bond acceptors (Lipinski definition) is 9. The number of likely N-dealkylation sites (N-methyl/N-ethyl adjacent to an activating group) is 1. The number of unbranched alkanes of at least 4 members (excludes halogenated alkanes) is 4. The number of rotatable bonds is 15. The molecule has 0 spiro atoms. The van der Waals surface area contributed by atoms with E-state index in [2.05, 4.69) is 51.1 Å². The van der Waals surface area contributed by atoms with Crippen LogP contribution >= 0.6 is 0 Å². The molecular formula is C33H52N8O3. The Morgan fingerprint density at radius 1 is 1.05 bits per heavy atom. The molecule has 0 unspecified atom stereocenters. The number of methoxy groups -OCH3 is 1. The van der Waals surface area contributed by atoms with Gasteiger partial charge >= 0.3 is 0 Å². The molecule has 1 aromatic heterocycles. The Balaban J connectivity index is 1.31. The summed E-state index contributed by atoms with van der Waals surface area (Å²) in [4.78, 5) is 43.9. The van der Waals surface area contributed by atoms with Crippen LogP contribution in [-0.2, 0) is 4.79 Å². The van der Waals surface area contributed by atoms with Gasteiger partial charge in [-0.3, -0.25) is 14.5 Å². The number of piperazine rings is 1. The molecule has 1 saturated heterocycles. The van der Waals surface area contributed by atoms with Crippen LogP contribution in [0.3, 0.4) is 0 Å². The number of fused-ring (bicyclic) bond motifs is 1. The zero-order valence-electron chi connectivity index (χ0n) is 27.6. The van der Waals surface area contributed by atoms with Crippen LogP contribution in [0.2, 0.25) is 0 Å². The summed E-state index contributed by atoms with van der Waals surface area (Å²) in [5.74, 6) is 1.53. The summed E-state index contributed by atoms with van der Waals surface area (Å²) < 4.78 is 5.63. The fourth-order valence-corrected chi connectivity index (χ4v) is 6.10. The van der Waals surface area contributed by atoms with E-state index < -0.39 is 0 Å². The zero-order valence-corrected chi connectivity index (χ0v) is 27.6. The Morgan fingerprint density at radius 2 is 1.75 bits per heavy atom. The molecule has 11 heteroatoms. The van der Waals surface area contributed by atoms with E-state index in [1.54, 1.807) is 37.4 Å². The summed E-state index contributed by atoms with van der Waals surface area (Å²) in [6, 6.07) is 5.12. The van der Waals surface area contributed by atoms with Crippen LogP contribution < -0.4 is 25.2 Å². The fraction of sp³-hybridized carbons (Fsp3) is 0.636. The molecule has 2 N–H and O–H groups in total. The van der Waals surface area contributed by atoms with Crippen LogP contribution in [0, 0.1) is 0 Å². The maximum atomic E-state index is 13.0. The average Bonchev–Trinajstić information content (AvgIpc) is 3.03. The quantitative estimate of drug-likeness (QED) is 0.283. The monoisotopic (exact) mass is 608 g/mol. The maximum Gasteiger partial charge on any atom is 0.251 e. The lowest BCUT2D eigenvalue weighted by atomic mass is 10.1. The third-order valence-electron chi connectivity index (χ3n) is 8.72. The number of hydrogen-bond donors (Lipinski definition) is 2. The number of nitrogens with zero attached hydrogens (tertiary/aromatic N) is 6. The first-order chi connectivity index (χ1) is 21.3. The van der Waals surface area contributed by atoms with Gasteiger partial charge in [0.15, 0.2) is 5.82 Å². The minimum Gasteiger partial charge on any atom is -0.495 e. The molecule has 2 aliphatic rings. The Bertz CT molecular complexity index is 1250. The van der Waals surface area contributed by atoms with Crippen LogP contribution in [0.5, 0.6) is 5.75 Å². The van der Waals surface area contributed by atoms with E-state index in [0.717, 1.165) is 32.7 Å². The largest absolute Gasteiger partial charge is 0.495 e. The summed E-state index contributed by atoms with van der Waals surface area (Å²) in [6.45, 7) is 15.3. The number of amides is 2. The highest BCUT2D eigenvalue weighted by Crippen LogP contribution is 2.37. The predicted molar refractivity (Wildman–Crippen MR) is 177 cm³/mol. The van der Waals surface area contributed by atoms with Gasteiger partial charge < -0.3 is 30.1 Å². The van der Waals surface area contributed by atoms with Crippen molar-refractivity contribution in [3.05, 3.63) is 30.0 Å². The highest BCUT2D eigenvalue weighted by atomic mass is 16.5. The predicted octanol–water partition coefficient (Wildman–Crippen LogP) is 4.52. The summed E-state index contributed by atoms with van der Waals surface area (Å²) in [6.07, 6.45) is 8.97. The number of benzene rings is 1. The van der Waals surface area contributed by atoms with Crippen molar-refractivity contribution in [2.24, 2.45) is 0 Å². The molecule has 4 rings (SSSR count). The highest BCUT2D eigenvalue weighted by molar-refractivity contribution is 6.04. The maximum absolute atomic E-state index is 13.0. The SMILES string of the molecule is CCCCCCCN1CCN(CCNC(=O)c2ccc(Nc3ncc4c(n3)N(C(C)C)[C@@H](CC)C(=O)N4C)c(OC)c2)CC1. The zero-order chi connectivity index (χ0) is 31.6. The van der Waals surface area contributed by atoms with Crippen LogP contribution in [0.15, 0.2) is 24.4 Å². The van der Waals surface area contributed by atoms with E-state index in [4.69, 9.17) is 9.72 Å². The Morgan fingerprint density at radius 3 is 2.41 bits per heavy atom. The van der Waals surface area contributed by atoms with Gasteiger partial charge in [-0.15, -0.1) is 0 Å². The van der Waals surface area contributed by atoms with E-state index in [1.165, 1.54) is 38.6 Å². The molecule has 0 radical (unpaired) electrons. The molecular weight excluding hydrogens is 556 g/mol. The molecule has 0 saturated carbocycles. The van der Waals surface area contributed by atoms with Crippen LogP contribution in [0.1, 0.15) is 76.6 Å². The number of nitrogens with one attached hydrogen (secondary N) is 2. The Kier molecular flexibility index (Phi) is 12.2. The van der Waals surface area contributed by atoms with Crippen molar-refractivity contribution < 1.29 is 14.3 Å². The van der Waals surface area contributed by atoms with E-state index >= 15 is 0 Å². The summed E-state index contributed by atoms with van der Waals surface area (Å²) >= 11 is 0. The molecule has 44 heavy (non-hydrogen) atoms. The Labute approximate surface area is 263 Å². The highest BCUT2D eigenvalue weighted by Gasteiger charge is 2.38. The standard InChI is InChI=1S/C33H52N8O3/c1-7-9-10-11-12-16-39-18-20-40(21-19-39)17-15-34-31(42)25-13-14-26(29(22-25)44-6)36-33-35-23-28-30(37-33)41(24(3)4)27(8-2)32(43)38(28)5/h13-14,22-24,27H,7-12,15-21H2,1-6H3,(H,34,42)(H,35,36,37)/t27-/m0/s1. The number of anilines is 4. The first-order valence-electron chi connectivity index (χ1n) is 16.4. The fourth-order valence-electron chi connectivity index (χ4n) is 6.10. The molecule has 3 heterocycles. The van der Waals surface area contributed by atoms with Crippen molar-refractivity contribution in [1.82, 2.24) is 25.1 Å². The lowest BCUT2D eigenvalue weighted by Gasteiger charge is -2.42. The summed E-state index contributed by atoms with van der Waals surface area (Å²) in [7, 11) is 3.34. The van der Waals surface area contributed by atoms with Crippen molar-refractivity contribution in [3.63, 3.8) is 0 Å². The van der Waals surface area contributed by atoms with Gasteiger partial charge in [-0.05, 0) is 51.4 Å². The molecule has 0 bridgehead atoms. The number of carbonyl (C=O) groups excluding carboxylic acids is 2. The van der Waals surface area contributed by atoms with Gasteiger partial charge in [0.1, 0.15) is 17.5 Å². The second kappa shape index (κ2) is 16.0. The molecule has 11 nitrogen and oxygen atoms in total. The lowest BCUT2D eigenvalue weighted by molar-refractivity contribution is -0.120. The van der Waals surface area contributed by atoms with Crippen molar-refractivity contribution in [2.75, 3.05) is 75.1 Å². The Hall–Kier alpha value is -3.44. The molecule has 0 aliphatic carbocycles. The molecule has 1 fully saturated rings. The van der Waals surface area contributed by atoms with Gasteiger partial charge in [0.05, 0.1) is 19.0 Å². The number of aromatic nitrogens is 2. The van der Waals surface area contributed by atoms with E-state index in [0.29, 0.717) is 47.4 Å². The van der Waals surface area contributed by atoms with Crippen molar-refractivity contribution >= 4 is 35.0 Å². The summed E-state index contributed by atoms with van der Waals surface area (Å²) in [5, 5.41) is 6.32.